The minimum absolute atomic E-state index is 0.0477. The third-order valence-electron chi connectivity index (χ3n) is 2.89. The van der Waals surface area contributed by atoms with Gasteiger partial charge in [-0.3, -0.25) is 30.1 Å². The number of carbonyl (C=O) groups is 2. The number of aromatic nitrogens is 3. The van der Waals surface area contributed by atoms with Crippen molar-refractivity contribution in [3.8, 4) is 0 Å². The van der Waals surface area contributed by atoms with Crippen LogP contribution in [-0.2, 0) is 11.3 Å². The van der Waals surface area contributed by atoms with E-state index in [0.29, 0.717) is 5.56 Å². The molecule has 0 aliphatic rings. The van der Waals surface area contributed by atoms with Gasteiger partial charge in [0, 0.05) is 17.6 Å². The molecule has 7 heteroatoms. The number of hydrogen-bond acceptors (Lipinski definition) is 4. The number of rotatable bonds is 3. The van der Waals surface area contributed by atoms with Gasteiger partial charge in [-0.2, -0.15) is 5.10 Å². The number of carbonyl (C=O) groups excluding carboxylic acids is 2. The Morgan fingerprint density at radius 3 is 2.48 bits per heavy atom. The van der Waals surface area contributed by atoms with Gasteiger partial charge in [0.05, 0.1) is 11.3 Å². The van der Waals surface area contributed by atoms with Crippen LogP contribution in [-0.4, -0.2) is 26.6 Å². The summed E-state index contributed by atoms with van der Waals surface area (Å²) in [6.45, 7) is 5.60. The number of nitrogens with zero attached hydrogens (tertiary/aromatic N) is 3. The molecule has 0 bridgehead atoms. The van der Waals surface area contributed by atoms with Crippen molar-refractivity contribution >= 4 is 11.8 Å². The lowest BCUT2D eigenvalue weighted by molar-refractivity contribution is -0.122. The van der Waals surface area contributed by atoms with Gasteiger partial charge in [-0.25, -0.2) is 0 Å². The van der Waals surface area contributed by atoms with Crippen LogP contribution >= 0.6 is 0 Å². The Labute approximate surface area is 122 Å². The summed E-state index contributed by atoms with van der Waals surface area (Å²) in [7, 11) is 0. The summed E-state index contributed by atoms with van der Waals surface area (Å²) in [5.41, 5.74) is 7.63. The summed E-state index contributed by atoms with van der Waals surface area (Å²) in [5.74, 6) is -0.765. The number of amides is 2. The van der Waals surface area contributed by atoms with Crippen LogP contribution in [0.1, 0.15) is 27.4 Å². The highest BCUT2D eigenvalue weighted by Crippen LogP contribution is 2.01. The summed E-state index contributed by atoms with van der Waals surface area (Å²) in [6.07, 6.45) is 1.46. The molecule has 0 unspecified atom stereocenters. The molecule has 21 heavy (non-hydrogen) atoms. The second-order valence-electron chi connectivity index (χ2n) is 4.78. The summed E-state index contributed by atoms with van der Waals surface area (Å²) < 4.78 is 1.57. The van der Waals surface area contributed by atoms with E-state index >= 15 is 0 Å². The molecule has 110 valence electrons. The third-order valence-corrected chi connectivity index (χ3v) is 2.89. The number of aryl methyl sites for hydroxylation is 3. The lowest BCUT2D eigenvalue weighted by atomic mass is 10.2. The Morgan fingerprint density at radius 2 is 1.90 bits per heavy atom. The van der Waals surface area contributed by atoms with E-state index in [-0.39, 0.29) is 12.5 Å². The molecule has 0 fully saturated rings. The summed E-state index contributed by atoms with van der Waals surface area (Å²) in [6, 6.07) is 5.25. The van der Waals surface area contributed by atoms with Crippen molar-refractivity contribution < 1.29 is 9.59 Å². The van der Waals surface area contributed by atoms with E-state index in [4.69, 9.17) is 0 Å². The van der Waals surface area contributed by atoms with Crippen LogP contribution in [0.25, 0.3) is 0 Å². The van der Waals surface area contributed by atoms with Gasteiger partial charge in [0.25, 0.3) is 11.8 Å². The zero-order valence-corrected chi connectivity index (χ0v) is 12.2. The highest BCUT2D eigenvalue weighted by Gasteiger charge is 2.09. The number of nitrogens with one attached hydrogen (secondary N) is 2. The van der Waals surface area contributed by atoms with Crippen LogP contribution in [0.3, 0.4) is 0 Å². The second kappa shape index (κ2) is 6.17. The Bertz CT molecular complexity index is 661. The lowest BCUT2D eigenvalue weighted by Gasteiger charge is -2.08. The highest BCUT2D eigenvalue weighted by molar-refractivity contribution is 5.95. The van der Waals surface area contributed by atoms with E-state index in [1.807, 2.05) is 26.8 Å². The van der Waals surface area contributed by atoms with E-state index in [0.717, 1.165) is 17.1 Å². The van der Waals surface area contributed by atoms with E-state index in [1.54, 1.807) is 16.8 Å². The Hall–Kier alpha value is -2.70. The standard InChI is InChI=1S/C14H17N5O2/c1-9-4-5-12(7-15-9)14(21)17-16-13(20)8-19-11(3)6-10(2)18-19/h4-7H,8H2,1-3H3,(H,16,20)(H,17,21). The second-order valence-corrected chi connectivity index (χ2v) is 4.78. The molecule has 0 aliphatic carbocycles. The average molecular weight is 287 g/mol. The summed E-state index contributed by atoms with van der Waals surface area (Å²) in [4.78, 5) is 27.6. The molecule has 2 N–H and O–H groups in total. The van der Waals surface area contributed by atoms with Crippen LogP contribution in [0.5, 0.6) is 0 Å². The Kier molecular flexibility index (Phi) is 4.32. The predicted octanol–water partition coefficient (Wildman–Crippen LogP) is 0.665. The SMILES string of the molecule is Cc1ccc(C(=O)NNC(=O)Cn2nc(C)cc2C)cn1. The molecular formula is C14H17N5O2. The van der Waals surface area contributed by atoms with Gasteiger partial charge < -0.3 is 0 Å². The van der Waals surface area contributed by atoms with E-state index in [9.17, 15) is 9.59 Å². The molecule has 2 aromatic rings. The fraction of sp³-hybridized carbons (Fsp3) is 0.286. The predicted molar refractivity (Wildman–Crippen MR) is 76.3 cm³/mol. The van der Waals surface area contributed by atoms with Crippen molar-refractivity contribution in [2.75, 3.05) is 0 Å². The van der Waals surface area contributed by atoms with E-state index in [2.05, 4.69) is 20.9 Å². The van der Waals surface area contributed by atoms with Crippen molar-refractivity contribution in [1.82, 2.24) is 25.6 Å². The molecule has 0 saturated heterocycles. The van der Waals surface area contributed by atoms with Crippen LogP contribution in [0.4, 0.5) is 0 Å². The Morgan fingerprint density at radius 1 is 1.14 bits per heavy atom. The molecule has 2 heterocycles. The fourth-order valence-electron chi connectivity index (χ4n) is 1.81. The van der Waals surface area contributed by atoms with Crippen LogP contribution in [0.15, 0.2) is 24.4 Å². The maximum Gasteiger partial charge on any atom is 0.271 e. The van der Waals surface area contributed by atoms with Gasteiger partial charge in [-0.1, -0.05) is 0 Å². The number of pyridine rings is 1. The molecule has 0 aliphatic heterocycles. The van der Waals surface area contributed by atoms with Gasteiger partial charge in [0.2, 0.25) is 0 Å². The third kappa shape index (κ3) is 3.88. The van der Waals surface area contributed by atoms with Crippen molar-refractivity contribution in [3.63, 3.8) is 0 Å². The first-order valence-corrected chi connectivity index (χ1v) is 6.48. The van der Waals surface area contributed by atoms with Crippen molar-refractivity contribution in [2.45, 2.75) is 27.3 Å². The molecular weight excluding hydrogens is 270 g/mol. The van der Waals surface area contributed by atoms with Gasteiger partial charge in [-0.05, 0) is 39.0 Å². The smallest absolute Gasteiger partial charge is 0.271 e. The van der Waals surface area contributed by atoms with Crippen LogP contribution in [0, 0.1) is 20.8 Å². The van der Waals surface area contributed by atoms with E-state index < -0.39 is 5.91 Å². The molecule has 0 atom stereocenters. The van der Waals surface area contributed by atoms with Crippen molar-refractivity contribution in [1.29, 1.82) is 0 Å². The number of hydrazine groups is 1. The quantitative estimate of drug-likeness (QED) is 0.812. The van der Waals surface area contributed by atoms with Crippen molar-refractivity contribution in [3.05, 3.63) is 47.0 Å². The minimum atomic E-state index is -0.413. The maximum absolute atomic E-state index is 11.8. The number of hydrogen-bond donors (Lipinski definition) is 2. The molecule has 2 aromatic heterocycles. The molecule has 0 spiro atoms. The zero-order valence-electron chi connectivity index (χ0n) is 12.2. The first kappa shape index (κ1) is 14.7. The molecule has 0 aromatic carbocycles. The zero-order chi connectivity index (χ0) is 15.4. The van der Waals surface area contributed by atoms with Crippen LogP contribution in [0.2, 0.25) is 0 Å². The Balaban J connectivity index is 1.87. The van der Waals surface area contributed by atoms with E-state index in [1.165, 1.54) is 6.20 Å². The lowest BCUT2D eigenvalue weighted by Crippen LogP contribution is -2.43. The maximum atomic E-state index is 11.8. The van der Waals surface area contributed by atoms with Crippen molar-refractivity contribution in [2.24, 2.45) is 0 Å². The highest BCUT2D eigenvalue weighted by atomic mass is 16.2. The molecule has 2 rings (SSSR count). The van der Waals surface area contributed by atoms with Gasteiger partial charge >= 0.3 is 0 Å². The first-order valence-electron chi connectivity index (χ1n) is 6.48. The van der Waals surface area contributed by atoms with Gasteiger partial charge in [-0.15, -0.1) is 0 Å². The molecule has 7 nitrogen and oxygen atoms in total. The average Bonchev–Trinajstić information content (AvgIpc) is 2.75. The molecule has 2 amide bonds. The molecule has 0 radical (unpaired) electrons. The fourth-order valence-corrected chi connectivity index (χ4v) is 1.81. The summed E-state index contributed by atoms with van der Waals surface area (Å²) >= 11 is 0. The topological polar surface area (TPSA) is 88.9 Å². The van der Waals surface area contributed by atoms with Crippen LogP contribution < -0.4 is 10.9 Å². The molecule has 0 saturated carbocycles. The first-order chi connectivity index (χ1) is 9.95. The monoisotopic (exact) mass is 287 g/mol. The summed E-state index contributed by atoms with van der Waals surface area (Å²) in [5, 5.41) is 4.18. The normalized spacial score (nSPS) is 10.2. The van der Waals surface area contributed by atoms with Gasteiger partial charge in [0.15, 0.2) is 0 Å². The minimum Gasteiger partial charge on any atom is -0.271 e. The largest absolute Gasteiger partial charge is 0.271 e. The van der Waals surface area contributed by atoms with Gasteiger partial charge in [0.1, 0.15) is 6.54 Å².